The van der Waals surface area contributed by atoms with Crippen LogP contribution in [0.25, 0.3) is 93.0 Å². The number of rotatable bonds is 6. The van der Waals surface area contributed by atoms with Crippen LogP contribution in [0, 0.1) is 13.7 Å². The van der Waals surface area contributed by atoms with Crippen molar-refractivity contribution >= 4 is 42.7 Å². The fraction of sp³-hybridized carbons (Fsp3) is 0.0400. The molecule has 7 aromatic carbocycles. The topological polar surface area (TPSA) is 30.7 Å². The number of imidazole rings is 1. The zero-order chi connectivity index (χ0) is 41.2. The van der Waals surface area contributed by atoms with Gasteiger partial charge in [-0.05, 0) is 95.1 Å². The average Bonchev–Trinajstić information content (AvgIpc) is 3.85. The van der Waals surface area contributed by atoms with Crippen LogP contribution in [0.4, 0.5) is 0 Å². The molecule has 10 aromatic rings. The van der Waals surface area contributed by atoms with E-state index in [2.05, 4.69) is 102 Å². The smallest absolute Gasteiger partial charge is 0.147 e. The second-order valence-electron chi connectivity index (χ2n) is 13.3. The molecule has 0 atom stereocenters. The Balaban J connectivity index is 1.27. The summed E-state index contributed by atoms with van der Waals surface area (Å²) < 4.78 is 53.2. The molecule has 10 rings (SSSR count). The van der Waals surface area contributed by atoms with Gasteiger partial charge in [0.1, 0.15) is 10.7 Å². The molecule has 0 spiro atoms. The molecule has 0 aliphatic heterocycles. The number of hydrogen-bond donors (Lipinski definition) is 0. The Labute approximate surface area is 326 Å². The summed E-state index contributed by atoms with van der Waals surface area (Å²) in [6.07, 6.45) is 0. The third-order valence-electron chi connectivity index (χ3n) is 10.1. The summed E-state index contributed by atoms with van der Waals surface area (Å²) in [5, 5.41) is 1.86. The van der Waals surface area contributed by atoms with Gasteiger partial charge in [-0.1, -0.05) is 133 Å². The van der Waals surface area contributed by atoms with Crippen molar-refractivity contribution in [1.29, 1.82) is 0 Å². The molecule has 0 radical (unpaired) electrons. The van der Waals surface area contributed by atoms with E-state index in [-0.39, 0.29) is 16.7 Å². The van der Waals surface area contributed by atoms with E-state index in [9.17, 15) is 0 Å². The molecule has 54 heavy (non-hydrogen) atoms. The average molecular weight is 716 g/mol. The van der Waals surface area contributed by atoms with Crippen molar-refractivity contribution in [3.05, 3.63) is 187 Å². The van der Waals surface area contributed by atoms with Crippen molar-refractivity contribution in [2.45, 2.75) is 13.7 Å². The van der Waals surface area contributed by atoms with Gasteiger partial charge >= 0.3 is 0 Å². The van der Waals surface area contributed by atoms with Gasteiger partial charge in [-0.2, -0.15) is 0 Å². The summed E-state index contributed by atoms with van der Waals surface area (Å²) in [5.74, 6) is 0.759. The number of benzene rings is 7. The van der Waals surface area contributed by atoms with Crippen molar-refractivity contribution in [3.8, 4) is 61.7 Å². The van der Waals surface area contributed by atoms with Crippen molar-refractivity contribution in [1.82, 2.24) is 14.5 Å². The molecule has 0 saturated heterocycles. The fourth-order valence-corrected chi connectivity index (χ4v) is 8.81. The van der Waals surface area contributed by atoms with Crippen LogP contribution in [-0.2, 0) is 0 Å². The van der Waals surface area contributed by atoms with Gasteiger partial charge in [0.05, 0.1) is 22.4 Å². The van der Waals surface area contributed by atoms with Crippen molar-refractivity contribution in [2.24, 2.45) is 0 Å². The third-order valence-corrected chi connectivity index (χ3v) is 11.3. The normalized spacial score (nSPS) is 13.6. The molecule has 0 amide bonds. The van der Waals surface area contributed by atoms with Crippen LogP contribution in [0.2, 0.25) is 0 Å². The van der Waals surface area contributed by atoms with Gasteiger partial charge < -0.3 is 0 Å². The summed E-state index contributed by atoms with van der Waals surface area (Å²) in [6.45, 7) is -5.12. The second kappa shape index (κ2) is 13.1. The molecule has 0 unspecified atom stereocenters. The molecule has 3 heterocycles. The van der Waals surface area contributed by atoms with Gasteiger partial charge in [0, 0.05) is 40.4 Å². The van der Waals surface area contributed by atoms with Crippen LogP contribution in [0.1, 0.15) is 19.4 Å². The van der Waals surface area contributed by atoms with Crippen LogP contribution < -0.4 is 0 Å². The summed E-state index contributed by atoms with van der Waals surface area (Å²) in [7, 11) is 0. The molecule has 0 fully saturated rings. The Morgan fingerprint density at radius 1 is 0.519 bits per heavy atom. The Morgan fingerprint density at radius 2 is 1.17 bits per heavy atom. The standard InChI is InChI=1S/C50H35N3S/c1-32-15-14-16-33(2)46(32)43-29-28-39-47-38(35-19-8-4-9-20-35)26-27-40(48(47)54-50(39)52-43)49-51-42-23-12-13-24-45(42)53(49)44-30-25-37(34-17-6-3-7-18-34)31-41(44)36-21-10-5-11-22-36/h3-31H,1-2H3/i1D3,2D3. The molecule has 3 aromatic heterocycles. The molecular formula is C50H35N3S. The van der Waals surface area contributed by atoms with Gasteiger partial charge in [0.2, 0.25) is 0 Å². The minimum Gasteiger partial charge on any atom is -0.292 e. The highest BCUT2D eigenvalue weighted by Gasteiger charge is 2.23. The molecule has 3 nitrogen and oxygen atoms in total. The minimum atomic E-state index is -2.56. The van der Waals surface area contributed by atoms with Gasteiger partial charge in [-0.25, -0.2) is 9.97 Å². The van der Waals surface area contributed by atoms with E-state index in [1.165, 1.54) is 29.5 Å². The largest absolute Gasteiger partial charge is 0.292 e. The molecule has 0 saturated carbocycles. The summed E-state index contributed by atoms with van der Waals surface area (Å²) in [4.78, 5) is 11.1. The van der Waals surface area contributed by atoms with E-state index >= 15 is 0 Å². The van der Waals surface area contributed by atoms with Crippen molar-refractivity contribution < 1.29 is 8.22 Å². The molecule has 0 N–H and O–H groups in total. The predicted molar refractivity (Wildman–Crippen MR) is 228 cm³/mol. The first-order valence-electron chi connectivity index (χ1n) is 20.8. The Morgan fingerprint density at radius 3 is 1.89 bits per heavy atom. The van der Waals surface area contributed by atoms with E-state index in [0.29, 0.717) is 10.5 Å². The van der Waals surface area contributed by atoms with E-state index in [4.69, 9.17) is 18.2 Å². The highest BCUT2D eigenvalue weighted by Crippen LogP contribution is 2.46. The number of aromatic nitrogens is 3. The minimum absolute atomic E-state index is 0.0454. The zero-order valence-electron chi connectivity index (χ0n) is 35.0. The lowest BCUT2D eigenvalue weighted by atomic mass is 9.96. The molecule has 0 bridgehead atoms. The quantitative estimate of drug-likeness (QED) is 0.172. The van der Waals surface area contributed by atoms with Crippen LogP contribution in [0.3, 0.4) is 0 Å². The number of nitrogens with zero attached hydrogens (tertiary/aromatic N) is 3. The van der Waals surface area contributed by atoms with Gasteiger partial charge in [-0.15, -0.1) is 11.3 Å². The SMILES string of the molecule is [2H]C([2H])([2H])c1cccc(C([2H])([2H])[2H])c1-c1ccc2c(n1)sc1c(-c3nc4ccccc4n3-c3ccc(-c4ccccc4)cc3-c3ccccc3)ccc(-c3ccccc3)c12. The monoisotopic (exact) mass is 715 g/mol. The number of para-hydroxylation sites is 2. The first-order valence-corrected chi connectivity index (χ1v) is 18.7. The van der Waals surface area contributed by atoms with Gasteiger partial charge in [-0.3, -0.25) is 4.57 Å². The number of aryl methyl sites for hydroxylation is 2. The van der Waals surface area contributed by atoms with Crippen LogP contribution >= 0.6 is 11.3 Å². The Hall–Kier alpha value is -6.62. The van der Waals surface area contributed by atoms with E-state index in [1.54, 1.807) is 6.07 Å². The lowest BCUT2D eigenvalue weighted by molar-refractivity contribution is 1.11. The molecular weight excluding hydrogens is 675 g/mol. The van der Waals surface area contributed by atoms with Crippen LogP contribution in [-0.4, -0.2) is 14.5 Å². The van der Waals surface area contributed by atoms with Crippen LogP contribution in [0.15, 0.2) is 176 Å². The first-order chi connectivity index (χ1) is 29.0. The number of hydrogen-bond acceptors (Lipinski definition) is 3. The highest BCUT2D eigenvalue weighted by molar-refractivity contribution is 7.26. The first kappa shape index (κ1) is 26.2. The number of thiophene rings is 1. The van der Waals surface area contributed by atoms with Crippen molar-refractivity contribution in [3.63, 3.8) is 0 Å². The molecule has 0 aliphatic carbocycles. The predicted octanol–water partition coefficient (Wildman–Crippen LogP) is 13.7. The summed E-state index contributed by atoms with van der Waals surface area (Å²) in [5.41, 5.74) is 10.4. The lowest BCUT2D eigenvalue weighted by Gasteiger charge is -2.17. The molecule has 256 valence electrons. The maximum atomic E-state index is 8.34. The van der Waals surface area contributed by atoms with Gasteiger partial charge in [0.15, 0.2) is 0 Å². The van der Waals surface area contributed by atoms with Crippen molar-refractivity contribution in [2.75, 3.05) is 0 Å². The van der Waals surface area contributed by atoms with E-state index < -0.39 is 13.7 Å². The lowest BCUT2D eigenvalue weighted by Crippen LogP contribution is -2.01. The Kier molecular flexibility index (Phi) is 6.36. The Bertz CT molecular complexity index is 3190. The molecule has 0 aliphatic rings. The highest BCUT2D eigenvalue weighted by atomic mass is 32.1. The summed E-state index contributed by atoms with van der Waals surface area (Å²) in [6, 6.07) is 58.2. The zero-order valence-corrected chi connectivity index (χ0v) is 29.8. The maximum absolute atomic E-state index is 8.34. The second-order valence-corrected chi connectivity index (χ2v) is 14.3. The summed E-state index contributed by atoms with van der Waals surface area (Å²) >= 11 is 1.50. The third kappa shape index (κ3) is 5.34. The number of fused-ring (bicyclic) bond motifs is 4. The van der Waals surface area contributed by atoms with E-state index in [1.807, 2.05) is 54.6 Å². The maximum Gasteiger partial charge on any atom is 0.147 e. The van der Waals surface area contributed by atoms with E-state index in [0.717, 1.165) is 77.0 Å². The number of pyridine rings is 1. The van der Waals surface area contributed by atoms with Crippen LogP contribution in [0.5, 0.6) is 0 Å². The molecule has 4 heteroatoms. The fourth-order valence-electron chi connectivity index (χ4n) is 7.60. The van der Waals surface area contributed by atoms with Gasteiger partial charge in [0.25, 0.3) is 0 Å².